The highest BCUT2D eigenvalue weighted by Gasteiger charge is 2.23. The average molecular weight is 251 g/mol. The Bertz CT molecular complexity index is 380. The summed E-state index contributed by atoms with van der Waals surface area (Å²) in [5, 5.41) is 32.5. The van der Waals surface area contributed by atoms with Gasteiger partial charge in [-0.05, 0) is 44.7 Å². The third-order valence-electron chi connectivity index (χ3n) is 3.68. The first-order chi connectivity index (χ1) is 8.58. The molecule has 1 atom stereocenters. The fourth-order valence-corrected chi connectivity index (χ4v) is 2.66. The number of phenols is 2. The van der Waals surface area contributed by atoms with E-state index >= 15 is 0 Å². The number of benzene rings is 1. The van der Waals surface area contributed by atoms with Crippen molar-refractivity contribution >= 4 is 0 Å². The summed E-state index contributed by atoms with van der Waals surface area (Å²) < 4.78 is 0. The standard InChI is InChI=1S/C14H21NO3/c1-9(14-12(17)3-2-4-13(14)18)15-10-5-7-11(16)8-6-10/h2-4,9-11,15-18H,5-8H2,1H3. The zero-order valence-corrected chi connectivity index (χ0v) is 10.6. The minimum absolute atomic E-state index is 0.105. The Morgan fingerprint density at radius 3 is 2.22 bits per heavy atom. The summed E-state index contributed by atoms with van der Waals surface area (Å²) >= 11 is 0. The van der Waals surface area contributed by atoms with Crippen molar-refractivity contribution in [3.05, 3.63) is 23.8 Å². The topological polar surface area (TPSA) is 72.7 Å². The predicted octanol–water partition coefficient (Wildman–Crippen LogP) is 2.05. The minimum atomic E-state index is -0.170. The molecule has 0 amide bonds. The molecule has 4 heteroatoms. The van der Waals surface area contributed by atoms with Crippen molar-refractivity contribution in [2.75, 3.05) is 0 Å². The highest BCUT2D eigenvalue weighted by Crippen LogP contribution is 2.33. The second kappa shape index (κ2) is 5.59. The van der Waals surface area contributed by atoms with Crippen molar-refractivity contribution in [1.29, 1.82) is 0 Å². The average Bonchev–Trinajstić information content (AvgIpc) is 2.32. The van der Waals surface area contributed by atoms with Crippen molar-refractivity contribution in [1.82, 2.24) is 5.32 Å². The van der Waals surface area contributed by atoms with Crippen LogP contribution in [0.5, 0.6) is 11.5 Å². The normalized spacial score (nSPS) is 25.9. The molecule has 1 aliphatic rings. The van der Waals surface area contributed by atoms with Gasteiger partial charge < -0.3 is 20.6 Å². The van der Waals surface area contributed by atoms with E-state index in [1.54, 1.807) is 18.2 Å². The molecular formula is C14H21NO3. The van der Waals surface area contributed by atoms with Crippen LogP contribution in [0, 0.1) is 0 Å². The van der Waals surface area contributed by atoms with Gasteiger partial charge in [0.1, 0.15) is 11.5 Å². The van der Waals surface area contributed by atoms with Crippen molar-refractivity contribution in [2.45, 2.75) is 50.8 Å². The molecule has 2 rings (SSSR count). The van der Waals surface area contributed by atoms with Gasteiger partial charge in [0.2, 0.25) is 0 Å². The van der Waals surface area contributed by atoms with E-state index in [-0.39, 0.29) is 23.6 Å². The van der Waals surface area contributed by atoms with Gasteiger partial charge in [0, 0.05) is 12.1 Å². The van der Waals surface area contributed by atoms with Gasteiger partial charge in [-0.3, -0.25) is 0 Å². The van der Waals surface area contributed by atoms with Crippen LogP contribution in [0.1, 0.15) is 44.2 Å². The van der Waals surface area contributed by atoms with E-state index in [9.17, 15) is 15.3 Å². The summed E-state index contributed by atoms with van der Waals surface area (Å²) in [5.41, 5.74) is 0.545. The molecule has 1 aromatic rings. The summed E-state index contributed by atoms with van der Waals surface area (Å²) in [6, 6.07) is 5.02. The molecule has 0 spiro atoms. The fourth-order valence-electron chi connectivity index (χ4n) is 2.66. The van der Waals surface area contributed by atoms with E-state index in [1.807, 2.05) is 6.92 Å². The maximum Gasteiger partial charge on any atom is 0.124 e. The number of nitrogens with one attached hydrogen (secondary N) is 1. The van der Waals surface area contributed by atoms with E-state index in [1.165, 1.54) is 0 Å². The molecule has 0 saturated heterocycles. The van der Waals surface area contributed by atoms with Crippen LogP contribution in [0.3, 0.4) is 0 Å². The first-order valence-corrected chi connectivity index (χ1v) is 6.53. The summed E-state index contributed by atoms with van der Waals surface area (Å²) in [5.74, 6) is 0.233. The molecule has 4 N–H and O–H groups in total. The lowest BCUT2D eigenvalue weighted by Gasteiger charge is -2.29. The molecule has 0 aromatic heterocycles. The Morgan fingerprint density at radius 1 is 1.11 bits per heavy atom. The Balaban J connectivity index is 2.01. The molecule has 0 aliphatic heterocycles. The van der Waals surface area contributed by atoms with Crippen LogP contribution >= 0.6 is 0 Å². The third kappa shape index (κ3) is 2.94. The smallest absolute Gasteiger partial charge is 0.124 e. The zero-order valence-electron chi connectivity index (χ0n) is 10.6. The third-order valence-corrected chi connectivity index (χ3v) is 3.68. The van der Waals surface area contributed by atoms with Crippen LogP contribution in [0.15, 0.2) is 18.2 Å². The molecular weight excluding hydrogens is 230 g/mol. The van der Waals surface area contributed by atoms with E-state index in [0.717, 1.165) is 25.7 Å². The van der Waals surface area contributed by atoms with Gasteiger partial charge in [-0.15, -0.1) is 0 Å². The molecule has 0 bridgehead atoms. The molecule has 1 aromatic carbocycles. The molecule has 0 heterocycles. The van der Waals surface area contributed by atoms with Crippen molar-refractivity contribution in [3.63, 3.8) is 0 Å². The van der Waals surface area contributed by atoms with Gasteiger partial charge >= 0.3 is 0 Å². The predicted molar refractivity (Wildman–Crippen MR) is 69.6 cm³/mol. The second-order valence-electron chi connectivity index (χ2n) is 5.10. The lowest BCUT2D eigenvalue weighted by atomic mass is 9.92. The van der Waals surface area contributed by atoms with Crippen LogP contribution in [-0.2, 0) is 0 Å². The van der Waals surface area contributed by atoms with Crippen LogP contribution in [-0.4, -0.2) is 27.5 Å². The Kier molecular flexibility index (Phi) is 4.09. The lowest BCUT2D eigenvalue weighted by Crippen LogP contribution is -2.36. The number of hydrogen-bond acceptors (Lipinski definition) is 4. The monoisotopic (exact) mass is 251 g/mol. The largest absolute Gasteiger partial charge is 0.507 e. The van der Waals surface area contributed by atoms with E-state index in [2.05, 4.69) is 5.32 Å². The number of hydrogen-bond donors (Lipinski definition) is 4. The minimum Gasteiger partial charge on any atom is -0.507 e. The number of aliphatic hydroxyl groups excluding tert-OH is 1. The van der Waals surface area contributed by atoms with Crippen LogP contribution in [0.4, 0.5) is 0 Å². The molecule has 1 aliphatic carbocycles. The van der Waals surface area contributed by atoms with Crippen LogP contribution < -0.4 is 5.32 Å². The summed E-state index contributed by atoms with van der Waals surface area (Å²) in [7, 11) is 0. The zero-order chi connectivity index (χ0) is 13.1. The molecule has 0 radical (unpaired) electrons. The molecule has 18 heavy (non-hydrogen) atoms. The van der Waals surface area contributed by atoms with Crippen LogP contribution in [0.2, 0.25) is 0 Å². The number of aromatic hydroxyl groups is 2. The number of phenolic OH excluding ortho intramolecular Hbond substituents is 2. The summed E-state index contributed by atoms with van der Waals surface area (Å²) in [4.78, 5) is 0. The fraction of sp³-hybridized carbons (Fsp3) is 0.571. The Hall–Kier alpha value is -1.26. The van der Waals surface area contributed by atoms with E-state index in [0.29, 0.717) is 11.6 Å². The number of rotatable bonds is 3. The van der Waals surface area contributed by atoms with Crippen LogP contribution in [0.25, 0.3) is 0 Å². The second-order valence-corrected chi connectivity index (χ2v) is 5.10. The molecule has 100 valence electrons. The SMILES string of the molecule is CC(NC1CCC(O)CC1)c1c(O)cccc1O. The Labute approximate surface area is 107 Å². The van der Waals surface area contributed by atoms with Gasteiger partial charge in [0.15, 0.2) is 0 Å². The van der Waals surface area contributed by atoms with Gasteiger partial charge in [-0.2, -0.15) is 0 Å². The number of aliphatic hydroxyl groups is 1. The van der Waals surface area contributed by atoms with Crippen molar-refractivity contribution < 1.29 is 15.3 Å². The Morgan fingerprint density at radius 2 is 1.67 bits per heavy atom. The highest BCUT2D eigenvalue weighted by molar-refractivity contribution is 5.44. The highest BCUT2D eigenvalue weighted by atomic mass is 16.3. The molecule has 1 unspecified atom stereocenters. The lowest BCUT2D eigenvalue weighted by molar-refractivity contribution is 0.114. The van der Waals surface area contributed by atoms with E-state index in [4.69, 9.17) is 0 Å². The summed E-state index contributed by atoms with van der Waals surface area (Å²) in [6.07, 6.45) is 3.32. The maximum absolute atomic E-state index is 9.79. The van der Waals surface area contributed by atoms with E-state index < -0.39 is 0 Å². The molecule has 4 nitrogen and oxygen atoms in total. The molecule has 1 fully saturated rings. The molecule has 1 saturated carbocycles. The first kappa shape index (κ1) is 13.2. The van der Waals surface area contributed by atoms with Crippen molar-refractivity contribution in [3.8, 4) is 11.5 Å². The van der Waals surface area contributed by atoms with Gasteiger partial charge in [-0.1, -0.05) is 6.07 Å². The van der Waals surface area contributed by atoms with Gasteiger partial charge in [0.25, 0.3) is 0 Å². The quantitative estimate of drug-likeness (QED) is 0.663. The van der Waals surface area contributed by atoms with Crippen molar-refractivity contribution in [2.24, 2.45) is 0 Å². The first-order valence-electron chi connectivity index (χ1n) is 6.53. The summed E-state index contributed by atoms with van der Waals surface area (Å²) in [6.45, 7) is 1.93. The van der Waals surface area contributed by atoms with Gasteiger partial charge in [-0.25, -0.2) is 0 Å². The maximum atomic E-state index is 9.79. The van der Waals surface area contributed by atoms with Gasteiger partial charge in [0.05, 0.1) is 11.7 Å².